The summed E-state index contributed by atoms with van der Waals surface area (Å²) in [5.74, 6) is -0.708. The predicted octanol–water partition coefficient (Wildman–Crippen LogP) is 3.92. The summed E-state index contributed by atoms with van der Waals surface area (Å²) in [5, 5.41) is 2.61. The molecule has 2 rings (SSSR count). The van der Waals surface area contributed by atoms with E-state index in [2.05, 4.69) is 5.32 Å². The summed E-state index contributed by atoms with van der Waals surface area (Å²) in [5.41, 5.74) is 0.899. The SMILES string of the molecule is CC(C)OC(=O)c1ccc(NC(=O)COC(=O)CCSc2ccccc2)cc1. The van der Waals surface area contributed by atoms with E-state index in [0.717, 1.165) is 4.90 Å². The van der Waals surface area contributed by atoms with Crippen molar-refractivity contribution in [3.63, 3.8) is 0 Å². The van der Waals surface area contributed by atoms with Gasteiger partial charge in [0.05, 0.1) is 18.1 Å². The van der Waals surface area contributed by atoms with Crippen LogP contribution in [-0.4, -0.2) is 36.3 Å². The molecule has 0 fully saturated rings. The fourth-order valence-electron chi connectivity index (χ4n) is 2.16. The zero-order valence-corrected chi connectivity index (χ0v) is 16.7. The highest BCUT2D eigenvalue weighted by Crippen LogP contribution is 2.17. The molecule has 0 aliphatic heterocycles. The Morgan fingerprint density at radius 2 is 1.68 bits per heavy atom. The lowest BCUT2D eigenvalue weighted by Crippen LogP contribution is -2.21. The average Bonchev–Trinajstić information content (AvgIpc) is 2.67. The standard InChI is InChI=1S/C21H23NO5S/c1-15(2)27-21(25)16-8-10-17(11-9-16)22-19(23)14-26-20(24)12-13-28-18-6-4-3-5-7-18/h3-11,15H,12-14H2,1-2H3,(H,22,23). The maximum atomic E-state index is 11.9. The van der Waals surface area contributed by atoms with Crippen molar-refractivity contribution in [2.24, 2.45) is 0 Å². The van der Waals surface area contributed by atoms with Gasteiger partial charge in [0, 0.05) is 16.3 Å². The van der Waals surface area contributed by atoms with Crippen molar-refractivity contribution in [3.05, 3.63) is 60.2 Å². The molecule has 0 atom stereocenters. The zero-order chi connectivity index (χ0) is 20.4. The van der Waals surface area contributed by atoms with Gasteiger partial charge in [-0.2, -0.15) is 0 Å². The van der Waals surface area contributed by atoms with Crippen LogP contribution in [0.15, 0.2) is 59.5 Å². The van der Waals surface area contributed by atoms with Gasteiger partial charge in [0.15, 0.2) is 6.61 Å². The average molecular weight is 401 g/mol. The summed E-state index contributed by atoms with van der Waals surface area (Å²) < 4.78 is 10.1. The molecule has 0 saturated heterocycles. The second-order valence-corrected chi connectivity index (χ2v) is 7.32. The molecule has 0 radical (unpaired) electrons. The minimum absolute atomic E-state index is 0.201. The molecule has 0 heterocycles. The van der Waals surface area contributed by atoms with E-state index in [0.29, 0.717) is 17.0 Å². The van der Waals surface area contributed by atoms with Gasteiger partial charge in [0.1, 0.15) is 0 Å². The highest BCUT2D eigenvalue weighted by atomic mass is 32.2. The van der Waals surface area contributed by atoms with Gasteiger partial charge in [-0.05, 0) is 50.2 Å². The van der Waals surface area contributed by atoms with Crippen LogP contribution >= 0.6 is 11.8 Å². The molecular weight excluding hydrogens is 378 g/mol. The Hall–Kier alpha value is -2.80. The lowest BCUT2D eigenvalue weighted by molar-refractivity contribution is -0.146. The van der Waals surface area contributed by atoms with Crippen LogP contribution in [0.2, 0.25) is 0 Å². The number of nitrogens with one attached hydrogen (secondary N) is 1. The number of rotatable bonds is 9. The van der Waals surface area contributed by atoms with E-state index in [1.54, 1.807) is 49.9 Å². The monoisotopic (exact) mass is 401 g/mol. The maximum absolute atomic E-state index is 11.9. The van der Waals surface area contributed by atoms with Crippen molar-refractivity contribution in [3.8, 4) is 0 Å². The molecule has 2 aromatic carbocycles. The van der Waals surface area contributed by atoms with Crippen molar-refractivity contribution >= 4 is 35.3 Å². The predicted molar refractivity (Wildman–Crippen MR) is 108 cm³/mol. The van der Waals surface area contributed by atoms with E-state index in [1.807, 2.05) is 30.3 Å². The number of benzene rings is 2. The molecule has 0 aliphatic rings. The number of thioether (sulfide) groups is 1. The maximum Gasteiger partial charge on any atom is 0.338 e. The number of ether oxygens (including phenoxy) is 2. The topological polar surface area (TPSA) is 81.7 Å². The van der Waals surface area contributed by atoms with Crippen molar-refractivity contribution < 1.29 is 23.9 Å². The molecule has 7 heteroatoms. The van der Waals surface area contributed by atoms with Crippen LogP contribution in [0.4, 0.5) is 5.69 Å². The fourth-order valence-corrected chi connectivity index (χ4v) is 3.01. The second kappa shape index (κ2) is 11.1. The van der Waals surface area contributed by atoms with E-state index in [9.17, 15) is 14.4 Å². The Morgan fingerprint density at radius 3 is 2.32 bits per heavy atom. The molecule has 1 amide bonds. The number of hydrogen-bond donors (Lipinski definition) is 1. The minimum Gasteiger partial charge on any atom is -0.459 e. The normalized spacial score (nSPS) is 10.4. The largest absolute Gasteiger partial charge is 0.459 e. The summed E-state index contributed by atoms with van der Waals surface area (Å²) in [7, 11) is 0. The quantitative estimate of drug-likeness (QED) is 0.507. The van der Waals surface area contributed by atoms with Crippen LogP contribution < -0.4 is 5.32 Å². The van der Waals surface area contributed by atoms with Gasteiger partial charge in [0.2, 0.25) is 0 Å². The van der Waals surface area contributed by atoms with Gasteiger partial charge >= 0.3 is 11.9 Å². The Bertz CT molecular complexity index is 790. The highest BCUT2D eigenvalue weighted by Gasteiger charge is 2.11. The third-order valence-electron chi connectivity index (χ3n) is 3.43. The number of carbonyl (C=O) groups excluding carboxylic acids is 3. The van der Waals surface area contributed by atoms with Gasteiger partial charge in [-0.3, -0.25) is 9.59 Å². The van der Waals surface area contributed by atoms with Crippen LogP contribution in [0.3, 0.4) is 0 Å². The van der Waals surface area contributed by atoms with Crippen LogP contribution in [-0.2, 0) is 19.1 Å². The first kappa shape index (κ1) is 21.5. The number of anilines is 1. The highest BCUT2D eigenvalue weighted by molar-refractivity contribution is 7.99. The number of carbonyl (C=O) groups is 3. The van der Waals surface area contributed by atoms with E-state index >= 15 is 0 Å². The zero-order valence-electron chi connectivity index (χ0n) is 15.8. The molecule has 0 bridgehead atoms. The Labute approximate surface area is 168 Å². The molecule has 0 aliphatic carbocycles. The molecule has 148 valence electrons. The molecular formula is C21H23NO5S. The van der Waals surface area contributed by atoms with E-state index in [-0.39, 0.29) is 19.1 Å². The molecule has 0 unspecified atom stereocenters. The summed E-state index contributed by atoms with van der Waals surface area (Å²) in [6.45, 7) is 3.19. The Kier molecular flexibility index (Phi) is 8.55. The first-order chi connectivity index (χ1) is 13.4. The van der Waals surface area contributed by atoms with Crippen LogP contribution in [0.25, 0.3) is 0 Å². The first-order valence-electron chi connectivity index (χ1n) is 8.88. The van der Waals surface area contributed by atoms with Gasteiger partial charge < -0.3 is 14.8 Å². The Morgan fingerprint density at radius 1 is 1.00 bits per heavy atom. The smallest absolute Gasteiger partial charge is 0.338 e. The van der Waals surface area contributed by atoms with Crippen molar-refractivity contribution in [1.82, 2.24) is 0 Å². The molecule has 6 nitrogen and oxygen atoms in total. The Balaban J connectivity index is 1.68. The second-order valence-electron chi connectivity index (χ2n) is 6.15. The van der Waals surface area contributed by atoms with Crippen LogP contribution in [0.5, 0.6) is 0 Å². The molecule has 0 saturated carbocycles. The third kappa shape index (κ3) is 7.84. The van der Waals surface area contributed by atoms with Gasteiger partial charge in [0.25, 0.3) is 5.91 Å². The molecule has 2 aromatic rings. The van der Waals surface area contributed by atoms with Gasteiger partial charge in [-0.25, -0.2) is 4.79 Å². The fraction of sp³-hybridized carbons (Fsp3) is 0.286. The molecule has 0 aromatic heterocycles. The van der Waals surface area contributed by atoms with Crippen molar-refractivity contribution in [1.29, 1.82) is 0 Å². The first-order valence-corrected chi connectivity index (χ1v) is 9.87. The van der Waals surface area contributed by atoms with Gasteiger partial charge in [-0.15, -0.1) is 11.8 Å². The van der Waals surface area contributed by atoms with Crippen LogP contribution in [0.1, 0.15) is 30.6 Å². The summed E-state index contributed by atoms with van der Waals surface area (Å²) >= 11 is 1.55. The number of esters is 2. The lowest BCUT2D eigenvalue weighted by atomic mass is 10.2. The van der Waals surface area contributed by atoms with E-state index in [4.69, 9.17) is 9.47 Å². The van der Waals surface area contributed by atoms with Gasteiger partial charge in [-0.1, -0.05) is 18.2 Å². The molecule has 1 N–H and O–H groups in total. The molecule has 28 heavy (non-hydrogen) atoms. The molecule has 0 spiro atoms. The third-order valence-corrected chi connectivity index (χ3v) is 4.44. The van der Waals surface area contributed by atoms with Crippen molar-refractivity contribution in [2.45, 2.75) is 31.3 Å². The van der Waals surface area contributed by atoms with Crippen LogP contribution in [0, 0.1) is 0 Å². The summed E-state index contributed by atoms with van der Waals surface area (Å²) in [6.07, 6.45) is 0.0205. The summed E-state index contributed by atoms with van der Waals surface area (Å²) in [6, 6.07) is 16.0. The van der Waals surface area contributed by atoms with E-state index in [1.165, 1.54) is 0 Å². The van der Waals surface area contributed by atoms with E-state index < -0.39 is 17.8 Å². The van der Waals surface area contributed by atoms with Crippen molar-refractivity contribution in [2.75, 3.05) is 17.7 Å². The number of hydrogen-bond acceptors (Lipinski definition) is 6. The number of amides is 1. The lowest BCUT2D eigenvalue weighted by Gasteiger charge is -2.09. The summed E-state index contributed by atoms with van der Waals surface area (Å²) in [4.78, 5) is 36.5. The minimum atomic E-state index is -0.443.